The number of nitrogens with zero attached hydrogens (tertiary/aromatic N) is 3. The van der Waals surface area contributed by atoms with Crippen LogP contribution in [0.25, 0.3) is 11.3 Å². The summed E-state index contributed by atoms with van der Waals surface area (Å²) in [6.45, 7) is 1.30. The Balaban J connectivity index is 1.34. The quantitative estimate of drug-likeness (QED) is 0.606. The molecule has 0 spiro atoms. The second-order valence-electron chi connectivity index (χ2n) is 7.37. The van der Waals surface area contributed by atoms with Crippen LogP contribution < -0.4 is 0 Å². The molecule has 4 rings (SSSR count). The van der Waals surface area contributed by atoms with Crippen LogP contribution >= 0.6 is 0 Å². The molecule has 1 N–H and O–H groups in total. The molecule has 1 aromatic carbocycles. The number of hydrogen-bond donors (Lipinski definition) is 1. The molecular formula is C22H24N4O4S. The van der Waals surface area contributed by atoms with Crippen molar-refractivity contribution in [3.63, 3.8) is 0 Å². The first-order valence-electron chi connectivity index (χ1n) is 10.2. The molecule has 9 heteroatoms. The van der Waals surface area contributed by atoms with Crippen molar-refractivity contribution in [2.45, 2.75) is 23.8 Å². The van der Waals surface area contributed by atoms with Gasteiger partial charge in [-0.05, 0) is 30.7 Å². The Morgan fingerprint density at radius 1 is 1.16 bits per heavy atom. The first-order valence-corrected chi connectivity index (χ1v) is 11.8. The monoisotopic (exact) mass is 440 g/mol. The Bertz CT molecular complexity index is 1120. The molecule has 1 amide bonds. The van der Waals surface area contributed by atoms with Gasteiger partial charge in [0.05, 0.1) is 41.4 Å². The predicted octanol–water partition coefficient (Wildman–Crippen LogP) is 2.63. The van der Waals surface area contributed by atoms with Crippen molar-refractivity contribution in [3.05, 3.63) is 66.6 Å². The number of aromatic nitrogens is 3. The maximum atomic E-state index is 12.7. The lowest BCUT2D eigenvalue weighted by atomic mass is 10.1. The van der Waals surface area contributed by atoms with Gasteiger partial charge in [-0.3, -0.25) is 9.89 Å². The summed E-state index contributed by atoms with van der Waals surface area (Å²) in [6.07, 6.45) is 3.62. The van der Waals surface area contributed by atoms with Gasteiger partial charge in [0.15, 0.2) is 9.84 Å². The van der Waals surface area contributed by atoms with E-state index in [1.807, 2.05) is 18.2 Å². The average Bonchev–Trinajstić information content (AvgIpc) is 3.35. The predicted molar refractivity (Wildman–Crippen MR) is 115 cm³/mol. The number of ether oxygens (including phenoxy) is 1. The molecule has 0 saturated carbocycles. The zero-order chi connectivity index (χ0) is 21.7. The first-order chi connectivity index (χ1) is 15.0. The van der Waals surface area contributed by atoms with Crippen LogP contribution in [0.2, 0.25) is 0 Å². The normalized spacial score (nSPS) is 16.9. The van der Waals surface area contributed by atoms with Crippen LogP contribution in [0.4, 0.5) is 0 Å². The zero-order valence-corrected chi connectivity index (χ0v) is 17.8. The van der Waals surface area contributed by atoms with Gasteiger partial charge in [0.1, 0.15) is 6.10 Å². The fraction of sp³-hybridized carbons (Fsp3) is 0.318. The highest BCUT2D eigenvalue weighted by atomic mass is 32.2. The van der Waals surface area contributed by atoms with E-state index in [1.54, 1.807) is 47.6 Å². The second-order valence-corrected chi connectivity index (χ2v) is 9.48. The molecule has 1 saturated heterocycles. The molecule has 1 aliphatic heterocycles. The topological polar surface area (TPSA) is 105 Å². The van der Waals surface area contributed by atoms with E-state index in [4.69, 9.17) is 4.74 Å². The SMILES string of the molecule is O=C(CCCS(=O)(=O)c1ccccc1)N1CCO[C@H](c2cccc(-c3cn[nH]c3)n2)C1. The number of sulfone groups is 1. The molecule has 1 aliphatic rings. The van der Waals surface area contributed by atoms with E-state index in [0.29, 0.717) is 19.7 Å². The Morgan fingerprint density at radius 3 is 2.77 bits per heavy atom. The number of pyridine rings is 1. The van der Waals surface area contributed by atoms with Gasteiger partial charge in [0, 0.05) is 24.7 Å². The Labute approximate surface area is 181 Å². The lowest BCUT2D eigenvalue weighted by Gasteiger charge is -2.33. The minimum absolute atomic E-state index is 0.0508. The van der Waals surface area contributed by atoms with Gasteiger partial charge in [-0.1, -0.05) is 24.3 Å². The molecule has 0 aliphatic carbocycles. The summed E-state index contributed by atoms with van der Waals surface area (Å²) in [4.78, 5) is 19.4. The van der Waals surface area contributed by atoms with Crippen molar-refractivity contribution in [2.75, 3.05) is 25.4 Å². The van der Waals surface area contributed by atoms with Crippen LogP contribution in [0.3, 0.4) is 0 Å². The van der Waals surface area contributed by atoms with Crippen molar-refractivity contribution in [3.8, 4) is 11.3 Å². The van der Waals surface area contributed by atoms with Crippen LogP contribution in [0.1, 0.15) is 24.6 Å². The molecule has 8 nitrogen and oxygen atoms in total. The van der Waals surface area contributed by atoms with Crippen molar-refractivity contribution in [2.24, 2.45) is 0 Å². The van der Waals surface area contributed by atoms with Crippen molar-refractivity contribution < 1.29 is 17.9 Å². The van der Waals surface area contributed by atoms with Crippen molar-refractivity contribution >= 4 is 15.7 Å². The van der Waals surface area contributed by atoms with Gasteiger partial charge in [-0.15, -0.1) is 0 Å². The number of nitrogens with one attached hydrogen (secondary N) is 1. The number of morpholine rings is 1. The summed E-state index contributed by atoms with van der Waals surface area (Å²) in [5, 5.41) is 6.72. The van der Waals surface area contributed by atoms with Crippen molar-refractivity contribution in [1.82, 2.24) is 20.1 Å². The fourth-order valence-corrected chi connectivity index (χ4v) is 4.89. The summed E-state index contributed by atoms with van der Waals surface area (Å²) < 4.78 is 30.7. The molecule has 1 fully saturated rings. The fourth-order valence-electron chi connectivity index (χ4n) is 3.55. The lowest BCUT2D eigenvalue weighted by Crippen LogP contribution is -2.42. The van der Waals surface area contributed by atoms with E-state index in [2.05, 4.69) is 15.2 Å². The Hall–Kier alpha value is -3.04. The van der Waals surface area contributed by atoms with E-state index in [1.165, 1.54) is 0 Å². The van der Waals surface area contributed by atoms with Crippen LogP contribution in [-0.4, -0.2) is 59.9 Å². The van der Waals surface area contributed by atoms with Gasteiger partial charge in [0.25, 0.3) is 0 Å². The summed E-state index contributed by atoms with van der Waals surface area (Å²) in [5.74, 6) is -0.118. The second kappa shape index (κ2) is 9.40. The third-order valence-electron chi connectivity index (χ3n) is 5.22. The third-order valence-corrected chi connectivity index (χ3v) is 7.04. The zero-order valence-electron chi connectivity index (χ0n) is 17.0. The number of rotatable bonds is 7. The number of carbonyl (C=O) groups is 1. The average molecular weight is 441 g/mol. The highest BCUT2D eigenvalue weighted by molar-refractivity contribution is 7.91. The molecule has 3 heterocycles. The molecule has 3 aromatic rings. The molecule has 2 aromatic heterocycles. The van der Waals surface area contributed by atoms with Gasteiger partial charge in [0.2, 0.25) is 5.91 Å². The van der Waals surface area contributed by atoms with Gasteiger partial charge in [-0.2, -0.15) is 5.10 Å². The Morgan fingerprint density at radius 2 is 2.00 bits per heavy atom. The number of benzene rings is 1. The molecular weight excluding hydrogens is 416 g/mol. The highest BCUT2D eigenvalue weighted by Gasteiger charge is 2.26. The number of carbonyl (C=O) groups excluding carboxylic acids is 1. The standard InChI is InChI=1S/C22H24N4O4S/c27-22(10-5-13-31(28,29)18-6-2-1-3-7-18)26-11-12-30-21(16-26)20-9-4-8-19(25-20)17-14-23-24-15-17/h1-4,6-9,14-15,21H,5,10-13,16H2,(H,23,24)/t21-/m0/s1. The maximum absolute atomic E-state index is 12.7. The minimum atomic E-state index is -3.38. The van der Waals surface area contributed by atoms with Crippen LogP contribution in [0.5, 0.6) is 0 Å². The van der Waals surface area contributed by atoms with Crippen molar-refractivity contribution in [1.29, 1.82) is 0 Å². The smallest absolute Gasteiger partial charge is 0.222 e. The van der Waals surface area contributed by atoms with E-state index >= 15 is 0 Å². The maximum Gasteiger partial charge on any atom is 0.222 e. The van der Waals surface area contributed by atoms with E-state index in [0.717, 1.165) is 17.0 Å². The first kappa shape index (κ1) is 21.2. The minimum Gasteiger partial charge on any atom is -0.368 e. The van der Waals surface area contributed by atoms with E-state index < -0.39 is 9.84 Å². The van der Waals surface area contributed by atoms with E-state index in [9.17, 15) is 13.2 Å². The lowest BCUT2D eigenvalue weighted by molar-refractivity contribution is -0.139. The van der Waals surface area contributed by atoms with Gasteiger partial charge >= 0.3 is 0 Å². The molecule has 0 bridgehead atoms. The molecule has 0 unspecified atom stereocenters. The number of hydrogen-bond acceptors (Lipinski definition) is 6. The summed E-state index contributed by atoms with van der Waals surface area (Å²) >= 11 is 0. The Kier molecular flexibility index (Phi) is 6.43. The summed E-state index contributed by atoms with van der Waals surface area (Å²) in [7, 11) is -3.38. The van der Waals surface area contributed by atoms with Crippen LogP contribution in [0, 0.1) is 0 Å². The van der Waals surface area contributed by atoms with Crippen LogP contribution in [-0.2, 0) is 19.4 Å². The van der Waals surface area contributed by atoms with Gasteiger partial charge in [-0.25, -0.2) is 13.4 Å². The largest absolute Gasteiger partial charge is 0.368 e. The molecule has 0 radical (unpaired) electrons. The number of H-pyrrole nitrogens is 1. The molecule has 31 heavy (non-hydrogen) atoms. The number of amides is 1. The third kappa shape index (κ3) is 5.18. The van der Waals surface area contributed by atoms with E-state index in [-0.39, 0.29) is 35.5 Å². The molecule has 162 valence electrons. The van der Waals surface area contributed by atoms with Gasteiger partial charge < -0.3 is 9.64 Å². The van der Waals surface area contributed by atoms with Crippen LogP contribution in [0.15, 0.2) is 65.8 Å². The summed E-state index contributed by atoms with van der Waals surface area (Å²) in [6, 6.07) is 14.0. The highest BCUT2D eigenvalue weighted by Crippen LogP contribution is 2.24. The molecule has 1 atom stereocenters. The summed E-state index contributed by atoms with van der Waals surface area (Å²) in [5.41, 5.74) is 2.41. The number of aromatic amines is 1.